The molecule has 0 saturated carbocycles. The largest absolute Gasteiger partial charge is 0.460 e. The number of benzene rings is 1. The van der Waals surface area contributed by atoms with E-state index in [2.05, 4.69) is 4.98 Å². The van der Waals surface area contributed by atoms with Crippen molar-refractivity contribution in [3.05, 3.63) is 62.7 Å². The Balaban J connectivity index is 1.82. The molecule has 154 valence electrons. The maximum absolute atomic E-state index is 13.9. The molecule has 0 aliphatic carbocycles. The van der Waals surface area contributed by atoms with E-state index in [0.29, 0.717) is 41.0 Å². The summed E-state index contributed by atoms with van der Waals surface area (Å²) in [6, 6.07) is 6.30. The molecular weight excluding hydrogens is 387 g/mol. The summed E-state index contributed by atoms with van der Waals surface area (Å²) < 4.78 is 20.7. The molecule has 1 atom stereocenters. The summed E-state index contributed by atoms with van der Waals surface area (Å²) in [6.45, 7) is 3.98. The minimum atomic E-state index is -1.48. The number of aryl methyl sites for hydroxylation is 1. The van der Waals surface area contributed by atoms with Gasteiger partial charge in [0.05, 0.1) is 35.4 Å². The van der Waals surface area contributed by atoms with Crippen LogP contribution in [0.3, 0.4) is 0 Å². The van der Waals surface area contributed by atoms with Crippen molar-refractivity contribution in [1.82, 2.24) is 9.55 Å². The second kappa shape index (κ2) is 6.47. The first kappa shape index (κ1) is 18.9. The second-order valence-electron chi connectivity index (χ2n) is 7.97. The Hall–Kier alpha value is -3.06. The number of rotatable bonds is 2. The van der Waals surface area contributed by atoms with Crippen LogP contribution in [0.1, 0.15) is 48.9 Å². The number of nitrogens with zero attached hydrogens (tertiary/aromatic N) is 2. The van der Waals surface area contributed by atoms with E-state index in [1.54, 1.807) is 23.6 Å². The molecule has 0 saturated heterocycles. The van der Waals surface area contributed by atoms with Gasteiger partial charge in [0.1, 0.15) is 18.0 Å². The number of cyclic esters (lactones) is 1. The molecule has 0 unspecified atom stereocenters. The van der Waals surface area contributed by atoms with Crippen molar-refractivity contribution in [3.63, 3.8) is 0 Å². The van der Waals surface area contributed by atoms with E-state index in [1.807, 2.05) is 6.92 Å². The minimum Gasteiger partial charge on any atom is -0.460 e. The molecule has 30 heavy (non-hydrogen) atoms. The number of hydrogen-bond acceptors (Lipinski definition) is 5. The normalized spacial score (nSPS) is 19.8. The summed E-state index contributed by atoms with van der Waals surface area (Å²) in [5.74, 6) is -0.904. The summed E-state index contributed by atoms with van der Waals surface area (Å²) in [5, 5.41) is 12.1. The number of halogens is 1. The molecule has 2 aliphatic rings. The highest BCUT2D eigenvalue weighted by atomic mass is 19.1. The van der Waals surface area contributed by atoms with Gasteiger partial charge in [0, 0.05) is 17.0 Å². The Bertz CT molecular complexity index is 1300. The minimum absolute atomic E-state index is 0.160. The third kappa shape index (κ3) is 2.55. The van der Waals surface area contributed by atoms with Gasteiger partial charge in [-0.2, -0.15) is 0 Å². The third-order valence-corrected chi connectivity index (χ3v) is 6.38. The van der Waals surface area contributed by atoms with Gasteiger partial charge in [-0.1, -0.05) is 13.8 Å². The van der Waals surface area contributed by atoms with Gasteiger partial charge < -0.3 is 14.4 Å². The topological polar surface area (TPSA) is 81.4 Å². The molecule has 1 N–H and O–H groups in total. The molecule has 2 aromatic heterocycles. The van der Waals surface area contributed by atoms with E-state index >= 15 is 0 Å². The number of aromatic nitrogens is 2. The molecule has 0 fully saturated rings. The number of carbonyl (C=O) groups excluding carboxylic acids is 1. The molecule has 5 rings (SSSR count). The SMILES string of the molecule is CCc1c2c(nc3cc(F)ccc13)-c1cc3c(c(=O)n1C2)COC(=O)C[C@]3(O)CC. The highest BCUT2D eigenvalue weighted by Crippen LogP contribution is 2.40. The molecule has 4 heterocycles. The van der Waals surface area contributed by atoms with Crippen molar-refractivity contribution in [2.75, 3.05) is 0 Å². The molecule has 0 radical (unpaired) electrons. The Labute approximate surface area is 171 Å². The Kier molecular flexibility index (Phi) is 4.08. The van der Waals surface area contributed by atoms with Crippen molar-refractivity contribution in [3.8, 4) is 11.4 Å². The van der Waals surface area contributed by atoms with Crippen LogP contribution in [0.2, 0.25) is 0 Å². The standard InChI is InChI=1S/C23H21FN2O4/c1-3-13-14-6-5-12(24)7-18(14)25-21-15(13)10-26-19(21)8-17-16(22(26)28)11-30-20(27)9-23(17,29)4-2/h5-8,29H,3-4,9-11H2,1-2H3/t23-/m1/s1. The lowest BCUT2D eigenvalue weighted by atomic mass is 9.85. The van der Waals surface area contributed by atoms with Gasteiger partial charge in [0.25, 0.3) is 5.56 Å². The number of aliphatic hydroxyl groups is 1. The molecule has 7 heteroatoms. The zero-order valence-corrected chi connectivity index (χ0v) is 16.8. The van der Waals surface area contributed by atoms with E-state index in [9.17, 15) is 19.1 Å². The molecule has 6 nitrogen and oxygen atoms in total. The van der Waals surface area contributed by atoms with Gasteiger partial charge in [0.2, 0.25) is 0 Å². The number of hydrogen-bond donors (Lipinski definition) is 1. The van der Waals surface area contributed by atoms with E-state index in [4.69, 9.17) is 4.74 Å². The smallest absolute Gasteiger partial charge is 0.309 e. The van der Waals surface area contributed by atoms with Crippen LogP contribution in [0.25, 0.3) is 22.3 Å². The zero-order chi connectivity index (χ0) is 21.2. The average Bonchev–Trinajstić information content (AvgIpc) is 3.02. The lowest BCUT2D eigenvalue weighted by molar-refractivity contribution is -0.149. The highest BCUT2D eigenvalue weighted by Gasteiger charge is 2.39. The van der Waals surface area contributed by atoms with E-state index in [1.165, 1.54) is 12.1 Å². The van der Waals surface area contributed by atoms with Crippen LogP contribution in [0.15, 0.2) is 29.1 Å². The van der Waals surface area contributed by atoms with Crippen molar-refractivity contribution in [1.29, 1.82) is 0 Å². The molecule has 0 bridgehead atoms. The van der Waals surface area contributed by atoms with Crippen LogP contribution < -0.4 is 5.56 Å². The fraction of sp³-hybridized carbons (Fsp3) is 0.348. The molecular formula is C23H21FN2O4. The number of carbonyl (C=O) groups is 1. The van der Waals surface area contributed by atoms with Crippen molar-refractivity contribution in [2.45, 2.75) is 51.9 Å². The summed E-state index contributed by atoms with van der Waals surface area (Å²) >= 11 is 0. The van der Waals surface area contributed by atoms with Crippen LogP contribution in [-0.4, -0.2) is 20.6 Å². The lowest BCUT2D eigenvalue weighted by Gasteiger charge is -2.26. The first-order valence-corrected chi connectivity index (χ1v) is 10.1. The van der Waals surface area contributed by atoms with Crippen LogP contribution >= 0.6 is 0 Å². The van der Waals surface area contributed by atoms with Gasteiger partial charge in [0.15, 0.2) is 0 Å². The fourth-order valence-electron chi connectivity index (χ4n) is 4.74. The molecule has 2 aliphatic heterocycles. The van der Waals surface area contributed by atoms with Gasteiger partial charge in [-0.15, -0.1) is 0 Å². The van der Waals surface area contributed by atoms with Crippen LogP contribution in [-0.2, 0) is 34.7 Å². The maximum Gasteiger partial charge on any atom is 0.309 e. The van der Waals surface area contributed by atoms with Crippen molar-refractivity contribution >= 4 is 16.9 Å². The van der Waals surface area contributed by atoms with Crippen molar-refractivity contribution in [2.24, 2.45) is 0 Å². The summed E-state index contributed by atoms with van der Waals surface area (Å²) in [6.07, 6.45) is 0.774. The van der Waals surface area contributed by atoms with Crippen LogP contribution in [0.4, 0.5) is 4.39 Å². The average molecular weight is 408 g/mol. The number of esters is 1. The molecule has 1 aromatic carbocycles. The summed E-state index contributed by atoms with van der Waals surface area (Å²) in [5.41, 5.74) is 2.66. The maximum atomic E-state index is 13.9. The second-order valence-corrected chi connectivity index (χ2v) is 7.97. The van der Waals surface area contributed by atoms with Gasteiger partial charge in [-0.05, 0) is 42.2 Å². The fourth-order valence-corrected chi connectivity index (χ4v) is 4.74. The third-order valence-electron chi connectivity index (χ3n) is 6.38. The number of fused-ring (bicyclic) bond motifs is 5. The lowest BCUT2D eigenvalue weighted by Crippen LogP contribution is -2.32. The van der Waals surface area contributed by atoms with E-state index in [-0.39, 0.29) is 30.8 Å². The van der Waals surface area contributed by atoms with Crippen molar-refractivity contribution < 1.29 is 19.0 Å². The quantitative estimate of drug-likeness (QED) is 0.515. The molecule has 3 aromatic rings. The van der Waals surface area contributed by atoms with E-state index < -0.39 is 11.6 Å². The Morgan fingerprint density at radius 2 is 2.03 bits per heavy atom. The zero-order valence-electron chi connectivity index (χ0n) is 16.8. The summed E-state index contributed by atoms with van der Waals surface area (Å²) in [4.78, 5) is 30.1. The van der Waals surface area contributed by atoms with Gasteiger partial charge in [-0.25, -0.2) is 9.37 Å². The first-order valence-electron chi connectivity index (χ1n) is 10.1. The monoisotopic (exact) mass is 408 g/mol. The van der Waals surface area contributed by atoms with Gasteiger partial charge >= 0.3 is 5.97 Å². The number of pyridine rings is 2. The van der Waals surface area contributed by atoms with Crippen LogP contribution in [0, 0.1) is 5.82 Å². The van der Waals surface area contributed by atoms with Crippen LogP contribution in [0.5, 0.6) is 0 Å². The predicted octanol–water partition coefficient (Wildman–Crippen LogP) is 3.17. The Morgan fingerprint density at radius 1 is 1.23 bits per heavy atom. The first-order chi connectivity index (χ1) is 14.4. The Morgan fingerprint density at radius 3 is 2.77 bits per heavy atom. The summed E-state index contributed by atoms with van der Waals surface area (Å²) in [7, 11) is 0. The number of ether oxygens (including phenoxy) is 1. The molecule has 0 amide bonds. The highest BCUT2D eigenvalue weighted by molar-refractivity contribution is 5.88. The van der Waals surface area contributed by atoms with Gasteiger partial charge in [-0.3, -0.25) is 9.59 Å². The predicted molar refractivity (Wildman–Crippen MR) is 108 cm³/mol. The molecule has 0 spiro atoms. The van der Waals surface area contributed by atoms with E-state index in [0.717, 1.165) is 16.5 Å².